The maximum Gasteiger partial charge on any atom is 0.196 e. The lowest BCUT2D eigenvalue weighted by atomic mass is 9.88. The molecule has 4 heteroatoms. The van der Waals surface area contributed by atoms with Crippen molar-refractivity contribution in [3.8, 4) is 0 Å². The summed E-state index contributed by atoms with van der Waals surface area (Å²) in [6.45, 7) is 3.05. The van der Waals surface area contributed by atoms with Gasteiger partial charge in [0.05, 0.1) is 12.1 Å². The second-order valence-corrected chi connectivity index (χ2v) is 5.65. The Balaban J connectivity index is 2.00. The summed E-state index contributed by atoms with van der Waals surface area (Å²) < 4.78 is 0. The Bertz CT molecular complexity index is 478. The molecule has 1 aromatic rings. The van der Waals surface area contributed by atoms with E-state index in [1.54, 1.807) is 0 Å². The Labute approximate surface area is 113 Å². The van der Waals surface area contributed by atoms with Crippen molar-refractivity contribution in [3.63, 3.8) is 0 Å². The van der Waals surface area contributed by atoms with E-state index < -0.39 is 0 Å². The summed E-state index contributed by atoms with van der Waals surface area (Å²) in [5, 5.41) is 0.752. The van der Waals surface area contributed by atoms with Crippen LogP contribution in [0, 0.1) is 5.92 Å². The van der Waals surface area contributed by atoms with Crippen molar-refractivity contribution in [2.24, 2.45) is 16.6 Å². The minimum atomic E-state index is 0.0952. The summed E-state index contributed by atoms with van der Waals surface area (Å²) >= 11 is 5.95. The fraction of sp³-hybridized carbons (Fsp3) is 0.500. The highest BCUT2D eigenvalue weighted by Crippen LogP contribution is 2.48. The maximum atomic E-state index is 6.11. The molecule has 1 atom stereocenters. The average molecular weight is 264 g/mol. The SMILES string of the molecule is CCC1(C2CC2)CN=C(N)N1c1ccc(Cl)cc1. The highest BCUT2D eigenvalue weighted by molar-refractivity contribution is 6.30. The second-order valence-electron chi connectivity index (χ2n) is 5.22. The second kappa shape index (κ2) is 4.16. The van der Waals surface area contributed by atoms with Crippen LogP contribution in [0.1, 0.15) is 26.2 Å². The van der Waals surface area contributed by atoms with Gasteiger partial charge in [0.15, 0.2) is 5.96 Å². The number of hydrogen-bond acceptors (Lipinski definition) is 3. The van der Waals surface area contributed by atoms with Gasteiger partial charge in [-0.25, -0.2) is 0 Å². The summed E-state index contributed by atoms with van der Waals surface area (Å²) in [4.78, 5) is 6.71. The van der Waals surface area contributed by atoms with Crippen LogP contribution in [-0.4, -0.2) is 18.0 Å². The van der Waals surface area contributed by atoms with Crippen molar-refractivity contribution in [2.75, 3.05) is 11.4 Å². The van der Waals surface area contributed by atoms with E-state index in [9.17, 15) is 0 Å². The van der Waals surface area contributed by atoms with E-state index in [-0.39, 0.29) is 5.54 Å². The zero-order chi connectivity index (χ0) is 12.8. The number of aliphatic imine (C=N–C) groups is 1. The zero-order valence-electron chi connectivity index (χ0n) is 10.6. The molecule has 0 saturated heterocycles. The van der Waals surface area contributed by atoms with Gasteiger partial charge in [-0.05, 0) is 49.4 Å². The van der Waals surface area contributed by atoms with Gasteiger partial charge in [-0.15, -0.1) is 0 Å². The fourth-order valence-electron chi connectivity index (χ4n) is 3.06. The molecule has 1 aromatic carbocycles. The van der Waals surface area contributed by atoms with Gasteiger partial charge < -0.3 is 10.6 Å². The van der Waals surface area contributed by atoms with Crippen molar-refractivity contribution < 1.29 is 0 Å². The van der Waals surface area contributed by atoms with Crippen molar-refractivity contribution in [1.82, 2.24) is 0 Å². The normalized spacial score (nSPS) is 27.4. The molecule has 2 N–H and O–H groups in total. The van der Waals surface area contributed by atoms with Gasteiger partial charge in [0.1, 0.15) is 0 Å². The minimum Gasteiger partial charge on any atom is -0.369 e. The molecule has 0 amide bonds. The molecule has 1 heterocycles. The molecule has 0 aromatic heterocycles. The Morgan fingerprint density at radius 3 is 2.61 bits per heavy atom. The van der Waals surface area contributed by atoms with E-state index in [2.05, 4.69) is 16.8 Å². The van der Waals surface area contributed by atoms with Gasteiger partial charge in [-0.2, -0.15) is 0 Å². The first-order chi connectivity index (χ1) is 8.67. The molecule has 0 radical (unpaired) electrons. The number of nitrogens with zero attached hydrogens (tertiary/aromatic N) is 2. The molecule has 18 heavy (non-hydrogen) atoms. The summed E-state index contributed by atoms with van der Waals surface area (Å²) in [5.74, 6) is 1.37. The molecule has 0 bridgehead atoms. The number of guanidine groups is 1. The van der Waals surface area contributed by atoms with Crippen LogP contribution >= 0.6 is 11.6 Å². The number of benzene rings is 1. The van der Waals surface area contributed by atoms with Gasteiger partial charge in [0.25, 0.3) is 0 Å². The number of halogens is 1. The largest absolute Gasteiger partial charge is 0.369 e. The van der Waals surface area contributed by atoms with E-state index in [0.717, 1.165) is 29.6 Å². The summed E-state index contributed by atoms with van der Waals surface area (Å²) in [6.07, 6.45) is 3.66. The molecule has 1 fully saturated rings. The third kappa shape index (κ3) is 1.69. The lowest BCUT2D eigenvalue weighted by molar-refractivity contribution is 0.386. The number of nitrogens with two attached hydrogens (primary N) is 1. The Morgan fingerprint density at radius 2 is 2.06 bits per heavy atom. The van der Waals surface area contributed by atoms with Gasteiger partial charge in [-0.1, -0.05) is 18.5 Å². The van der Waals surface area contributed by atoms with Crippen LogP contribution in [0.25, 0.3) is 0 Å². The zero-order valence-corrected chi connectivity index (χ0v) is 11.3. The first kappa shape index (κ1) is 11.8. The average Bonchev–Trinajstić information content (AvgIpc) is 3.17. The lowest BCUT2D eigenvalue weighted by Gasteiger charge is -2.39. The van der Waals surface area contributed by atoms with Crippen LogP contribution in [-0.2, 0) is 0 Å². The van der Waals surface area contributed by atoms with Crippen molar-refractivity contribution in [3.05, 3.63) is 29.3 Å². The molecule has 0 spiro atoms. The third-order valence-electron chi connectivity index (χ3n) is 4.22. The van der Waals surface area contributed by atoms with Gasteiger partial charge in [0, 0.05) is 10.7 Å². The van der Waals surface area contributed by atoms with E-state index in [4.69, 9.17) is 17.3 Å². The molecule has 96 valence electrons. The van der Waals surface area contributed by atoms with Gasteiger partial charge in [0.2, 0.25) is 0 Å². The van der Waals surface area contributed by atoms with Crippen molar-refractivity contribution in [2.45, 2.75) is 31.7 Å². The standard InChI is InChI=1S/C14H18ClN3/c1-2-14(10-3-4-10)9-17-13(16)18(14)12-7-5-11(15)6-8-12/h5-8,10H,2-4,9H2,1H3,(H2,16,17). The van der Waals surface area contributed by atoms with Gasteiger partial charge >= 0.3 is 0 Å². The highest BCUT2D eigenvalue weighted by atomic mass is 35.5. The number of rotatable bonds is 3. The Kier molecular flexibility index (Phi) is 2.74. The van der Waals surface area contributed by atoms with Crippen LogP contribution in [0.4, 0.5) is 5.69 Å². The lowest BCUT2D eigenvalue weighted by Crippen LogP contribution is -2.53. The predicted molar refractivity (Wildman–Crippen MR) is 76.2 cm³/mol. The van der Waals surface area contributed by atoms with E-state index >= 15 is 0 Å². The quantitative estimate of drug-likeness (QED) is 0.911. The van der Waals surface area contributed by atoms with E-state index in [1.165, 1.54) is 12.8 Å². The molecule has 1 unspecified atom stereocenters. The summed E-state index contributed by atoms with van der Waals surface area (Å²) in [6, 6.07) is 7.89. The van der Waals surface area contributed by atoms with E-state index in [0.29, 0.717) is 5.96 Å². The van der Waals surface area contributed by atoms with Crippen LogP contribution in [0.15, 0.2) is 29.3 Å². The monoisotopic (exact) mass is 263 g/mol. The molecule has 1 saturated carbocycles. The van der Waals surface area contributed by atoms with Crippen LogP contribution in [0.3, 0.4) is 0 Å². The number of anilines is 1. The Morgan fingerprint density at radius 1 is 1.39 bits per heavy atom. The van der Waals surface area contributed by atoms with Crippen molar-refractivity contribution in [1.29, 1.82) is 0 Å². The molecular formula is C14H18ClN3. The smallest absolute Gasteiger partial charge is 0.196 e. The maximum absolute atomic E-state index is 6.11. The van der Waals surface area contributed by atoms with Crippen LogP contribution in [0.2, 0.25) is 5.02 Å². The topological polar surface area (TPSA) is 41.6 Å². The molecule has 1 aliphatic carbocycles. The molecule has 3 nitrogen and oxygen atoms in total. The highest BCUT2D eigenvalue weighted by Gasteiger charge is 2.51. The molecule has 2 aliphatic rings. The van der Waals surface area contributed by atoms with Crippen LogP contribution in [0.5, 0.6) is 0 Å². The third-order valence-corrected chi connectivity index (χ3v) is 4.48. The first-order valence-electron chi connectivity index (χ1n) is 6.53. The van der Waals surface area contributed by atoms with Crippen LogP contribution < -0.4 is 10.6 Å². The summed E-state index contributed by atoms with van der Waals surface area (Å²) in [5.41, 5.74) is 7.31. The van der Waals surface area contributed by atoms with Crippen molar-refractivity contribution >= 4 is 23.2 Å². The van der Waals surface area contributed by atoms with E-state index in [1.807, 2.05) is 24.3 Å². The molecular weight excluding hydrogens is 246 g/mol. The fourth-order valence-corrected chi connectivity index (χ4v) is 3.18. The molecule has 3 rings (SSSR count). The number of hydrogen-bond donors (Lipinski definition) is 1. The predicted octanol–water partition coefficient (Wildman–Crippen LogP) is 3.03. The first-order valence-corrected chi connectivity index (χ1v) is 6.91. The Hall–Kier alpha value is -1.22. The van der Waals surface area contributed by atoms with Gasteiger partial charge in [-0.3, -0.25) is 4.99 Å². The summed E-state index contributed by atoms with van der Waals surface area (Å²) in [7, 11) is 0. The molecule has 1 aliphatic heterocycles. The minimum absolute atomic E-state index is 0.0952.